The molecule has 1 saturated heterocycles. The molecular weight excluding hydrogens is 392 g/mol. The first-order chi connectivity index (χ1) is 13.6. The summed E-state index contributed by atoms with van der Waals surface area (Å²) in [6.45, 7) is 2.25. The van der Waals surface area contributed by atoms with Gasteiger partial charge >= 0.3 is 0 Å². The average Bonchev–Trinajstić information content (AvgIpc) is 3.23. The third-order valence-electron chi connectivity index (χ3n) is 5.36. The SMILES string of the molecule is O=S(=O)(NC[C@@H](c1cccc2ccccc12)N1CCCC1)c1ccccc1Cl. The molecule has 1 aliphatic heterocycles. The number of rotatable bonds is 6. The Balaban J connectivity index is 1.67. The van der Waals surface area contributed by atoms with Crippen LogP contribution in [-0.2, 0) is 10.0 Å². The Morgan fingerprint density at radius 3 is 2.39 bits per heavy atom. The number of sulfonamides is 1. The van der Waals surface area contributed by atoms with Gasteiger partial charge in [-0.2, -0.15) is 0 Å². The molecule has 0 radical (unpaired) electrons. The summed E-state index contributed by atoms with van der Waals surface area (Å²) >= 11 is 6.12. The zero-order chi connectivity index (χ0) is 19.6. The standard InChI is InChI=1S/C22H23ClN2O2S/c23-20-12-3-4-13-22(20)28(26,27)24-16-21(25-14-5-6-15-25)19-11-7-9-17-8-1-2-10-18(17)19/h1-4,7-13,21,24H,5-6,14-16H2/t21-/m0/s1. The zero-order valence-corrected chi connectivity index (χ0v) is 17.1. The molecule has 0 unspecified atom stereocenters. The Kier molecular flexibility index (Phi) is 5.69. The van der Waals surface area contributed by atoms with Gasteiger partial charge in [0.2, 0.25) is 10.0 Å². The largest absolute Gasteiger partial charge is 0.295 e. The van der Waals surface area contributed by atoms with Crippen LogP contribution in [0.5, 0.6) is 0 Å². The smallest absolute Gasteiger partial charge is 0.242 e. The van der Waals surface area contributed by atoms with Gasteiger partial charge in [-0.1, -0.05) is 66.2 Å². The van der Waals surface area contributed by atoms with E-state index < -0.39 is 10.0 Å². The summed E-state index contributed by atoms with van der Waals surface area (Å²) < 4.78 is 28.5. The third-order valence-corrected chi connectivity index (χ3v) is 7.28. The molecule has 0 spiro atoms. The molecule has 1 N–H and O–H groups in total. The Bertz CT molecular complexity index is 1070. The summed E-state index contributed by atoms with van der Waals surface area (Å²) in [6, 6.07) is 21.0. The van der Waals surface area contributed by atoms with Crippen LogP contribution in [0.4, 0.5) is 0 Å². The predicted octanol–water partition coefficient (Wildman–Crippen LogP) is 4.61. The molecule has 0 saturated carbocycles. The zero-order valence-electron chi connectivity index (χ0n) is 15.5. The van der Waals surface area contributed by atoms with E-state index >= 15 is 0 Å². The van der Waals surface area contributed by atoms with Gasteiger partial charge in [0, 0.05) is 12.6 Å². The van der Waals surface area contributed by atoms with Gasteiger partial charge in [-0.05, 0) is 54.4 Å². The first-order valence-electron chi connectivity index (χ1n) is 9.52. The van der Waals surface area contributed by atoms with Crippen molar-refractivity contribution in [3.63, 3.8) is 0 Å². The molecule has 28 heavy (non-hydrogen) atoms. The highest BCUT2D eigenvalue weighted by atomic mass is 35.5. The molecule has 0 aromatic heterocycles. The Labute approximate surface area is 171 Å². The molecule has 1 heterocycles. The van der Waals surface area contributed by atoms with E-state index in [2.05, 4.69) is 33.9 Å². The van der Waals surface area contributed by atoms with Gasteiger partial charge in [0.1, 0.15) is 4.90 Å². The van der Waals surface area contributed by atoms with Crippen LogP contribution in [0.1, 0.15) is 24.4 Å². The molecule has 3 aromatic carbocycles. The van der Waals surface area contributed by atoms with Crippen LogP contribution in [0.3, 0.4) is 0 Å². The highest BCUT2D eigenvalue weighted by Gasteiger charge is 2.27. The second kappa shape index (κ2) is 8.21. The minimum Gasteiger partial charge on any atom is -0.295 e. The first kappa shape index (κ1) is 19.4. The summed E-state index contributed by atoms with van der Waals surface area (Å²) in [6.07, 6.45) is 2.27. The highest BCUT2D eigenvalue weighted by Crippen LogP contribution is 2.31. The van der Waals surface area contributed by atoms with Crippen molar-refractivity contribution in [3.05, 3.63) is 77.3 Å². The second-order valence-corrected chi connectivity index (χ2v) is 9.25. The quantitative estimate of drug-likeness (QED) is 0.640. The van der Waals surface area contributed by atoms with Gasteiger partial charge < -0.3 is 0 Å². The van der Waals surface area contributed by atoms with Crippen molar-refractivity contribution in [1.82, 2.24) is 9.62 Å². The molecule has 1 fully saturated rings. The van der Waals surface area contributed by atoms with E-state index in [1.807, 2.05) is 18.2 Å². The van der Waals surface area contributed by atoms with Crippen LogP contribution in [0.15, 0.2) is 71.6 Å². The fraction of sp³-hybridized carbons (Fsp3) is 0.273. The van der Waals surface area contributed by atoms with Gasteiger partial charge in [0.05, 0.1) is 5.02 Å². The maximum Gasteiger partial charge on any atom is 0.242 e. The number of hydrogen-bond acceptors (Lipinski definition) is 3. The fourth-order valence-electron chi connectivity index (χ4n) is 3.96. The highest BCUT2D eigenvalue weighted by molar-refractivity contribution is 7.89. The summed E-state index contributed by atoms with van der Waals surface area (Å²) in [5.41, 5.74) is 1.15. The second-order valence-electron chi connectivity index (χ2n) is 7.11. The van der Waals surface area contributed by atoms with E-state index in [1.165, 1.54) is 11.5 Å². The van der Waals surface area contributed by atoms with E-state index in [4.69, 9.17) is 11.6 Å². The van der Waals surface area contributed by atoms with Crippen molar-refractivity contribution >= 4 is 32.4 Å². The molecule has 4 nitrogen and oxygen atoms in total. The predicted molar refractivity (Wildman–Crippen MR) is 114 cm³/mol. The van der Waals surface area contributed by atoms with Gasteiger partial charge in [-0.25, -0.2) is 13.1 Å². The van der Waals surface area contributed by atoms with Gasteiger partial charge in [-0.15, -0.1) is 0 Å². The van der Waals surface area contributed by atoms with E-state index in [1.54, 1.807) is 18.2 Å². The Morgan fingerprint density at radius 1 is 0.929 bits per heavy atom. The number of benzene rings is 3. The molecule has 6 heteroatoms. The molecule has 1 atom stereocenters. The van der Waals surface area contributed by atoms with Crippen LogP contribution < -0.4 is 4.72 Å². The lowest BCUT2D eigenvalue weighted by molar-refractivity contribution is 0.248. The molecular formula is C22H23ClN2O2S. The number of fused-ring (bicyclic) bond motifs is 1. The van der Waals surface area contributed by atoms with E-state index in [9.17, 15) is 8.42 Å². The normalized spacial score (nSPS) is 16.5. The summed E-state index contributed by atoms with van der Waals surface area (Å²) in [5, 5.41) is 2.56. The number of halogens is 1. The monoisotopic (exact) mass is 414 g/mol. The van der Waals surface area contributed by atoms with Crippen LogP contribution >= 0.6 is 11.6 Å². The Hall–Kier alpha value is -1.92. The molecule has 0 bridgehead atoms. The molecule has 3 aromatic rings. The van der Waals surface area contributed by atoms with Crippen molar-refractivity contribution in [1.29, 1.82) is 0 Å². The molecule has 4 rings (SSSR count). The van der Waals surface area contributed by atoms with Crippen LogP contribution in [0, 0.1) is 0 Å². The van der Waals surface area contributed by atoms with E-state index in [0.29, 0.717) is 6.54 Å². The Morgan fingerprint density at radius 2 is 1.61 bits per heavy atom. The van der Waals surface area contributed by atoms with E-state index in [-0.39, 0.29) is 16.0 Å². The fourth-order valence-corrected chi connectivity index (χ4v) is 5.51. The minimum absolute atomic E-state index is 0.0223. The lowest BCUT2D eigenvalue weighted by Crippen LogP contribution is -2.37. The topological polar surface area (TPSA) is 49.4 Å². The third kappa shape index (κ3) is 3.94. The van der Waals surface area contributed by atoms with Crippen molar-refractivity contribution in [2.45, 2.75) is 23.8 Å². The summed E-state index contributed by atoms with van der Waals surface area (Å²) in [5.74, 6) is 0. The van der Waals surface area contributed by atoms with Crippen LogP contribution in [-0.4, -0.2) is 33.0 Å². The average molecular weight is 415 g/mol. The van der Waals surface area contributed by atoms with Crippen molar-refractivity contribution in [2.24, 2.45) is 0 Å². The molecule has 146 valence electrons. The number of hydrogen-bond donors (Lipinski definition) is 1. The summed E-state index contributed by atoms with van der Waals surface area (Å²) in [7, 11) is -3.69. The minimum atomic E-state index is -3.69. The first-order valence-corrected chi connectivity index (χ1v) is 11.4. The number of nitrogens with zero attached hydrogens (tertiary/aromatic N) is 1. The van der Waals surface area contributed by atoms with Gasteiger partial charge in [-0.3, -0.25) is 4.90 Å². The van der Waals surface area contributed by atoms with Crippen molar-refractivity contribution in [3.8, 4) is 0 Å². The van der Waals surface area contributed by atoms with Crippen LogP contribution in [0.25, 0.3) is 10.8 Å². The number of nitrogens with one attached hydrogen (secondary N) is 1. The summed E-state index contributed by atoms with van der Waals surface area (Å²) in [4.78, 5) is 2.49. The molecule has 0 aliphatic carbocycles. The maximum absolute atomic E-state index is 12.9. The van der Waals surface area contributed by atoms with Crippen LogP contribution in [0.2, 0.25) is 5.02 Å². The lowest BCUT2D eigenvalue weighted by atomic mass is 9.98. The number of likely N-dealkylation sites (tertiary alicyclic amines) is 1. The van der Waals surface area contributed by atoms with Gasteiger partial charge in [0.25, 0.3) is 0 Å². The molecule has 0 amide bonds. The lowest BCUT2D eigenvalue weighted by Gasteiger charge is -2.29. The van der Waals surface area contributed by atoms with Crippen molar-refractivity contribution in [2.75, 3.05) is 19.6 Å². The van der Waals surface area contributed by atoms with Crippen molar-refractivity contribution < 1.29 is 8.42 Å². The van der Waals surface area contributed by atoms with E-state index in [0.717, 1.165) is 36.9 Å². The van der Waals surface area contributed by atoms with Gasteiger partial charge in [0.15, 0.2) is 0 Å². The maximum atomic E-state index is 12.9. The molecule has 1 aliphatic rings.